The van der Waals surface area contributed by atoms with E-state index in [0.29, 0.717) is 0 Å². The summed E-state index contributed by atoms with van der Waals surface area (Å²) in [5.41, 5.74) is 6.72. The Morgan fingerprint density at radius 3 is 2.00 bits per heavy atom. The third-order valence-electron chi connectivity index (χ3n) is 3.53. The smallest absolute Gasteiger partial charge is 0.0512 e. The van der Waals surface area contributed by atoms with Crippen molar-refractivity contribution in [1.82, 2.24) is 0 Å². The second-order valence-corrected chi connectivity index (χ2v) is 5.15. The second kappa shape index (κ2) is 7.63. The number of aryl methyl sites for hydroxylation is 2. The fourth-order valence-corrected chi connectivity index (χ4v) is 2.88. The Morgan fingerprint density at radius 1 is 0.824 bits per heavy atom. The molecule has 0 bridgehead atoms. The summed E-state index contributed by atoms with van der Waals surface area (Å²) in [7, 11) is 0. The summed E-state index contributed by atoms with van der Waals surface area (Å²) in [5, 5.41) is 0. The number of hydrogen-bond acceptors (Lipinski definition) is 0. The molecule has 0 atom stereocenters. The number of rotatable bonds is 8. The van der Waals surface area contributed by atoms with Gasteiger partial charge in [-0.1, -0.05) is 79.1 Å². The Morgan fingerprint density at radius 2 is 1.47 bits per heavy atom. The summed E-state index contributed by atoms with van der Waals surface area (Å²) in [6, 6.07) is 2.52. The molecule has 1 aromatic carbocycles. The molecule has 0 N–H and O–H groups in total. The molecule has 0 heterocycles. The molecule has 0 aliphatic heterocycles. The zero-order chi connectivity index (χ0) is 12.7. The molecule has 0 unspecified atom stereocenters. The number of hydrogen-bond donors (Lipinski definition) is 0. The molecule has 0 radical (unpaired) electrons. The van der Waals surface area contributed by atoms with Gasteiger partial charge in [0.2, 0.25) is 0 Å². The zero-order valence-electron chi connectivity index (χ0n) is 12.2. The van der Waals surface area contributed by atoms with Gasteiger partial charge in [-0.25, -0.2) is 0 Å². The molecule has 1 aromatic rings. The van der Waals surface area contributed by atoms with E-state index in [-0.39, 0.29) is 0 Å². The first-order valence-corrected chi connectivity index (χ1v) is 7.57. The van der Waals surface area contributed by atoms with Crippen LogP contribution in [0.5, 0.6) is 0 Å². The first-order chi connectivity index (χ1) is 8.28. The van der Waals surface area contributed by atoms with E-state index in [1.807, 2.05) is 0 Å². The third kappa shape index (κ3) is 3.66. The van der Waals surface area contributed by atoms with Crippen LogP contribution in [-0.2, 0) is 25.7 Å². The summed E-state index contributed by atoms with van der Waals surface area (Å²) in [6.45, 7) is 9.19. The van der Waals surface area contributed by atoms with Gasteiger partial charge in [0.05, 0.1) is 0 Å². The van der Waals surface area contributed by atoms with E-state index < -0.39 is 0 Å². The minimum Gasteiger partial charge on any atom is -0.195 e. The second-order valence-electron chi connectivity index (χ2n) is 5.15. The van der Waals surface area contributed by atoms with Crippen LogP contribution < -0.4 is 0 Å². The van der Waals surface area contributed by atoms with Gasteiger partial charge in [-0.3, -0.25) is 0 Å². The Kier molecular flexibility index (Phi) is 6.47. The molecule has 0 nitrogen and oxygen atoms in total. The lowest BCUT2D eigenvalue weighted by molar-refractivity contribution is 0.828. The van der Waals surface area contributed by atoms with Crippen LogP contribution in [0.2, 0.25) is 0 Å². The minimum absolute atomic E-state index is 1.27. The van der Waals surface area contributed by atoms with Crippen LogP contribution >= 0.6 is 0 Å². The van der Waals surface area contributed by atoms with E-state index in [1.54, 1.807) is 22.3 Å². The van der Waals surface area contributed by atoms with Gasteiger partial charge < -0.3 is 0 Å². The Balaban J connectivity index is 3.07. The standard InChI is InChI=1S/C17H29/c1-5-9-14-13-15(10-6-2)17(12-8-4)16(14)11-7-3/h13H,5-12H2,1-4H3/q-1. The van der Waals surface area contributed by atoms with Crippen molar-refractivity contribution in [1.29, 1.82) is 0 Å². The zero-order valence-corrected chi connectivity index (χ0v) is 12.2. The Labute approximate surface area is 108 Å². The Hall–Kier alpha value is -0.650. The molecular formula is C17H29-. The quantitative estimate of drug-likeness (QED) is 0.540. The minimum atomic E-state index is 1.27. The van der Waals surface area contributed by atoms with Crippen molar-refractivity contribution in [3.8, 4) is 0 Å². The van der Waals surface area contributed by atoms with Gasteiger partial charge in [0, 0.05) is 0 Å². The van der Waals surface area contributed by atoms with Crippen molar-refractivity contribution >= 4 is 0 Å². The summed E-state index contributed by atoms with van der Waals surface area (Å²) >= 11 is 0. The van der Waals surface area contributed by atoms with Crippen molar-refractivity contribution in [3.63, 3.8) is 0 Å². The monoisotopic (exact) mass is 233 g/mol. The molecule has 0 aliphatic carbocycles. The lowest BCUT2D eigenvalue weighted by Crippen LogP contribution is -1.96. The largest absolute Gasteiger partial charge is 0.195 e. The highest BCUT2D eigenvalue weighted by molar-refractivity contribution is 5.45. The average molecular weight is 233 g/mol. The van der Waals surface area contributed by atoms with Gasteiger partial charge >= 0.3 is 0 Å². The third-order valence-corrected chi connectivity index (χ3v) is 3.53. The molecule has 0 fully saturated rings. The van der Waals surface area contributed by atoms with Crippen molar-refractivity contribution in [2.45, 2.75) is 79.1 Å². The van der Waals surface area contributed by atoms with Crippen molar-refractivity contribution in [2.24, 2.45) is 0 Å². The molecule has 0 aromatic heterocycles. The molecule has 1 rings (SSSR count). The highest BCUT2D eigenvalue weighted by Crippen LogP contribution is 2.28. The van der Waals surface area contributed by atoms with Crippen molar-refractivity contribution < 1.29 is 0 Å². The predicted molar refractivity (Wildman–Crippen MR) is 78.0 cm³/mol. The molecule has 0 heteroatoms. The predicted octanol–water partition coefficient (Wildman–Crippen LogP) is 5.22. The van der Waals surface area contributed by atoms with E-state index in [0.717, 1.165) is 0 Å². The van der Waals surface area contributed by atoms with Gasteiger partial charge in [0.15, 0.2) is 0 Å². The average Bonchev–Trinajstić information content (AvgIpc) is 2.61. The van der Waals surface area contributed by atoms with E-state index in [9.17, 15) is 0 Å². The van der Waals surface area contributed by atoms with Gasteiger partial charge in [0.25, 0.3) is 0 Å². The first-order valence-electron chi connectivity index (χ1n) is 7.57. The maximum Gasteiger partial charge on any atom is -0.0512 e. The first kappa shape index (κ1) is 14.4. The molecule has 0 saturated heterocycles. The lowest BCUT2D eigenvalue weighted by Gasteiger charge is -2.17. The van der Waals surface area contributed by atoms with Crippen molar-refractivity contribution in [2.75, 3.05) is 0 Å². The van der Waals surface area contributed by atoms with Gasteiger partial charge in [-0.05, 0) is 0 Å². The molecule has 0 amide bonds. The SMILES string of the molecule is CCCc1c[c-](CCC)c(CCC)c1CCC. The van der Waals surface area contributed by atoms with Crippen LogP contribution in [0.3, 0.4) is 0 Å². The van der Waals surface area contributed by atoms with E-state index in [4.69, 9.17) is 0 Å². The van der Waals surface area contributed by atoms with Gasteiger partial charge in [-0.2, -0.15) is 28.3 Å². The fraction of sp³-hybridized carbons (Fsp3) is 0.706. The Bertz CT molecular complexity index is 287. The van der Waals surface area contributed by atoms with E-state index in [1.165, 1.54) is 51.4 Å². The molecule has 0 spiro atoms. The maximum absolute atomic E-state index is 2.52. The van der Waals surface area contributed by atoms with Gasteiger partial charge in [0.1, 0.15) is 0 Å². The van der Waals surface area contributed by atoms with Crippen molar-refractivity contribution in [3.05, 3.63) is 28.3 Å². The van der Waals surface area contributed by atoms with Crippen LogP contribution in [0.25, 0.3) is 0 Å². The van der Waals surface area contributed by atoms with E-state index in [2.05, 4.69) is 33.8 Å². The fourth-order valence-electron chi connectivity index (χ4n) is 2.88. The van der Waals surface area contributed by atoms with Crippen LogP contribution in [0, 0.1) is 0 Å². The summed E-state index contributed by atoms with van der Waals surface area (Å²) in [4.78, 5) is 0. The van der Waals surface area contributed by atoms with Crippen LogP contribution in [0.4, 0.5) is 0 Å². The highest BCUT2D eigenvalue weighted by Gasteiger charge is 2.04. The summed E-state index contributed by atoms with van der Waals surface area (Å²) in [5.74, 6) is 0. The lowest BCUT2D eigenvalue weighted by atomic mass is 9.97. The molecule has 0 aliphatic rings. The van der Waals surface area contributed by atoms with E-state index >= 15 is 0 Å². The topological polar surface area (TPSA) is 0 Å². The summed E-state index contributed by atoms with van der Waals surface area (Å²) < 4.78 is 0. The molecule has 98 valence electrons. The molecule has 17 heavy (non-hydrogen) atoms. The molecular weight excluding hydrogens is 204 g/mol. The van der Waals surface area contributed by atoms with Crippen LogP contribution in [0.1, 0.15) is 75.6 Å². The normalized spacial score (nSPS) is 11.1. The maximum atomic E-state index is 2.52. The molecule has 0 saturated carbocycles. The highest BCUT2D eigenvalue weighted by atomic mass is 14.2. The summed E-state index contributed by atoms with van der Waals surface area (Å²) in [6.07, 6.45) is 10.2. The van der Waals surface area contributed by atoms with Crippen LogP contribution in [0.15, 0.2) is 6.07 Å². The van der Waals surface area contributed by atoms with Crippen LogP contribution in [-0.4, -0.2) is 0 Å². The van der Waals surface area contributed by atoms with Gasteiger partial charge in [-0.15, -0.1) is 0 Å².